The fourth-order valence-corrected chi connectivity index (χ4v) is 4.30. The quantitative estimate of drug-likeness (QED) is 0.880. The average Bonchev–Trinajstić information content (AvgIpc) is 3.15. The van der Waals surface area contributed by atoms with Crippen molar-refractivity contribution in [1.82, 2.24) is 25.0 Å². The fourth-order valence-electron chi connectivity index (χ4n) is 4.30. The minimum Gasteiger partial charge on any atom is -0.490 e. The van der Waals surface area contributed by atoms with Gasteiger partial charge in [0.1, 0.15) is 17.4 Å². The monoisotopic (exact) mass is 381 g/mol. The first-order valence-electron chi connectivity index (χ1n) is 10.5. The molecule has 1 aromatic heterocycles. The number of piperidine rings is 1. The van der Waals surface area contributed by atoms with Gasteiger partial charge in [-0.05, 0) is 56.4 Å². The van der Waals surface area contributed by atoms with Gasteiger partial charge in [-0.2, -0.15) is 0 Å². The number of hydrogen-bond acceptors (Lipinski definition) is 5. The Bertz CT molecular complexity index is 835. The van der Waals surface area contributed by atoms with Crippen molar-refractivity contribution in [3.05, 3.63) is 41.5 Å². The number of rotatable bonds is 4. The van der Waals surface area contributed by atoms with Crippen molar-refractivity contribution in [3.63, 3.8) is 0 Å². The third kappa shape index (κ3) is 3.39. The molecule has 2 fully saturated rings. The number of carbonyl (C=O) groups is 1. The molecule has 2 aromatic rings. The Morgan fingerprint density at radius 1 is 1.04 bits per heavy atom. The third-order valence-electron chi connectivity index (χ3n) is 6.25. The molecule has 0 spiro atoms. The smallest absolute Gasteiger partial charge is 0.253 e. The summed E-state index contributed by atoms with van der Waals surface area (Å²) >= 11 is 0. The summed E-state index contributed by atoms with van der Waals surface area (Å²) in [5.41, 5.74) is 0.741. The van der Waals surface area contributed by atoms with Gasteiger partial charge in [0.2, 0.25) is 0 Å². The SMILES string of the molecule is O=C(c1ccc(OC2CCC2)cc1)N1CCC(c2nnc3n2CCNC3)CC1. The highest BCUT2D eigenvalue weighted by Gasteiger charge is 2.29. The van der Waals surface area contributed by atoms with Crippen molar-refractivity contribution in [2.24, 2.45) is 0 Å². The Balaban J connectivity index is 1.19. The van der Waals surface area contributed by atoms with E-state index in [0.29, 0.717) is 12.0 Å². The van der Waals surface area contributed by atoms with Crippen molar-refractivity contribution in [1.29, 1.82) is 0 Å². The number of ether oxygens (including phenoxy) is 1. The summed E-state index contributed by atoms with van der Waals surface area (Å²) in [4.78, 5) is 14.8. The van der Waals surface area contributed by atoms with Crippen LogP contribution in [-0.4, -0.2) is 51.3 Å². The van der Waals surface area contributed by atoms with E-state index in [2.05, 4.69) is 20.1 Å². The summed E-state index contributed by atoms with van der Waals surface area (Å²) in [7, 11) is 0. The highest BCUT2D eigenvalue weighted by molar-refractivity contribution is 5.94. The van der Waals surface area contributed by atoms with Gasteiger partial charge in [-0.25, -0.2) is 0 Å². The Labute approximate surface area is 165 Å². The van der Waals surface area contributed by atoms with Crippen LogP contribution in [0.2, 0.25) is 0 Å². The van der Waals surface area contributed by atoms with Crippen LogP contribution in [-0.2, 0) is 13.1 Å². The molecule has 1 saturated carbocycles. The maximum atomic E-state index is 12.9. The number of amides is 1. The van der Waals surface area contributed by atoms with E-state index in [1.807, 2.05) is 29.2 Å². The number of nitrogens with zero attached hydrogens (tertiary/aromatic N) is 4. The van der Waals surface area contributed by atoms with E-state index in [1.54, 1.807) is 0 Å². The van der Waals surface area contributed by atoms with Crippen LogP contribution in [0.3, 0.4) is 0 Å². The number of fused-ring (bicyclic) bond motifs is 1. The molecule has 1 saturated heterocycles. The van der Waals surface area contributed by atoms with Gasteiger partial charge in [-0.3, -0.25) is 4.79 Å². The Morgan fingerprint density at radius 3 is 2.54 bits per heavy atom. The van der Waals surface area contributed by atoms with Gasteiger partial charge >= 0.3 is 0 Å². The topological polar surface area (TPSA) is 72.3 Å². The molecule has 3 heterocycles. The standard InChI is InChI=1S/C21H27N5O2/c27-21(16-4-6-18(7-5-16)28-17-2-1-3-17)25-11-8-15(9-12-25)20-24-23-19-14-22-10-13-26(19)20/h4-7,15,17,22H,1-3,8-14H2. The summed E-state index contributed by atoms with van der Waals surface area (Å²) in [6, 6.07) is 7.64. The minimum absolute atomic E-state index is 0.112. The van der Waals surface area contributed by atoms with Gasteiger partial charge in [0, 0.05) is 37.7 Å². The van der Waals surface area contributed by atoms with E-state index in [-0.39, 0.29) is 5.91 Å². The molecule has 7 nitrogen and oxygen atoms in total. The predicted octanol–water partition coefficient (Wildman–Crippen LogP) is 2.33. The van der Waals surface area contributed by atoms with Crippen molar-refractivity contribution >= 4 is 5.91 Å². The molecule has 0 bridgehead atoms. The summed E-state index contributed by atoms with van der Waals surface area (Å²) in [6.07, 6.45) is 5.79. The lowest BCUT2D eigenvalue weighted by atomic mass is 9.95. The van der Waals surface area contributed by atoms with E-state index in [0.717, 1.165) is 81.4 Å². The number of benzene rings is 1. The molecule has 148 valence electrons. The zero-order valence-corrected chi connectivity index (χ0v) is 16.1. The van der Waals surface area contributed by atoms with Gasteiger partial charge in [-0.15, -0.1) is 10.2 Å². The lowest BCUT2D eigenvalue weighted by Gasteiger charge is -2.32. The predicted molar refractivity (Wildman–Crippen MR) is 104 cm³/mol. The van der Waals surface area contributed by atoms with Crippen molar-refractivity contribution in [2.45, 2.75) is 57.2 Å². The first-order chi connectivity index (χ1) is 13.8. The number of aromatic nitrogens is 3. The largest absolute Gasteiger partial charge is 0.490 e. The van der Waals surface area contributed by atoms with Gasteiger partial charge in [0.15, 0.2) is 0 Å². The second-order valence-electron chi connectivity index (χ2n) is 8.06. The van der Waals surface area contributed by atoms with Crippen molar-refractivity contribution < 1.29 is 9.53 Å². The molecular formula is C21H27N5O2. The second kappa shape index (κ2) is 7.54. The van der Waals surface area contributed by atoms with Crippen LogP contribution in [0, 0.1) is 0 Å². The first kappa shape index (κ1) is 17.7. The maximum Gasteiger partial charge on any atom is 0.253 e. The third-order valence-corrected chi connectivity index (χ3v) is 6.25. The van der Waals surface area contributed by atoms with E-state index >= 15 is 0 Å². The number of nitrogens with one attached hydrogen (secondary N) is 1. The zero-order chi connectivity index (χ0) is 18.9. The van der Waals surface area contributed by atoms with Crippen LogP contribution in [0.4, 0.5) is 0 Å². The Morgan fingerprint density at radius 2 is 1.82 bits per heavy atom. The highest BCUT2D eigenvalue weighted by atomic mass is 16.5. The van der Waals surface area contributed by atoms with Crippen LogP contribution in [0.1, 0.15) is 60.0 Å². The molecule has 0 radical (unpaired) electrons. The second-order valence-corrected chi connectivity index (χ2v) is 8.06. The normalized spacial score (nSPS) is 20.5. The molecule has 28 heavy (non-hydrogen) atoms. The maximum absolute atomic E-state index is 12.9. The number of likely N-dealkylation sites (tertiary alicyclic amines) is 1. The lowest BCUT2D eigenvalue weighted by molar-refractivity contribution is 0.0710. The number of carbonyl (C=O) groups excluding carboxylic acids is 1. The summed E-state index contributed by atoms with van der Waals surface area (Å²) < 4.78 is 8.15. The molecule has 2 aliphatic heterocycles. The van der Waals surface area contributed by atoms with Gasteiger partial charge in [-0.1, -0.05) is 0 Å². The zero-order valence-electron chi connectivity index (χ0n) is 16.1. The van der Waals surface area contributed by atoms with Gasteiger partial charge in [0.05, 0.1) is 12.6 Å². The summed E-state index contributed by atoms with van der Waals surface area (Å²) in [6.45, 7) is 4.24. The average molecular weight is 381 g/mol. The van der Waals surface area contributed by atoms with E-state index in [1.165, 1.54) is 6.42 Å². The molecule has 1 amide bonds. The highest BCUT2D eigenvalue weighted by Crippen LogP contribution is 2.29. The van der Waals surface area contributed by atoms with Crippen molar-refractivity contribution in [2.75, 3.05) is 19.6 Å². The molecule has 7 heteroatoms. The van der Waals surface area contributed by atoms with Crippen LogP contribution in [0.25, 0.3) is 0 Å². The Kier molecular flexibility index (Phi) is 4.76. The molecule has 1 aliphatic carbocycles. The first-order valence-corrected chi connectivity index (χ1v) is 10.5. The Hall–Kier alpha value is -2.41. The van der Waals surface area contributed by atoms with Crippen molar-refractivity contribution in [3.8, 4) is 5.75 Å². The summed E-state index contributed by atoms with van der Waals surface area (Å²) in [5.74, 6) is 3.50. The fraction of sp³-hybridized carbons (Fsp3) is 0.571. The minimum atomic E-state index is 0.112. The molecule has 1 N–H and O–H groups in total. The number of hydrogen-bond donors (Lipinski definition) is 1. The van der Waals surface area contributed by atoms with Crippen LogP contribution in [0.15, 0.2) is 24.3 Å². The molecule has 1 aromatic carbocycles. The van der Waals surface area contributed by atoms with E-state index < -0.39 is 0 Å². The summed E-state index contributed by atoms with van der Waals surface area (Å²) in [5, 5.41) is 12.1. The van der Waals surface area contributed by atoms with Crippen LogP contribution in [0.5, 0.6) is 5.75 Å². The van der Waals surface area contributed by atoms with E-state index in [9.17, 15) is 4.79 Å². The molecule has 5 rings (SSSR count). The van der Waals surface area contributed by atoms with Gasteiger partial charge < -0.3 is 19.5 Å². The van der Waals surface area contributed by atoms with Crippen LogP contribution >= 0.6 is 0 Å². The lowest BCUT2D eigenvalue weighted by Crippen LogP contribution is -2.38. The molecular weight excluding hydrogens is 354 g/mol. The molecule has 3 aliphatic rings. The van der Waals surface area contributed by atoms with Gasteiger partial charge in [0.25, 0.3) is 5.91 Å². The van der Waals surface area contributed by atoms with E-state index in [4.69, 9.17) is 4.74 Å². The molecule has 0 unspecified atom stereocenters. The van der Waals surface area contributed by atoms with Crippen LogP contribution < -0.4 is 10.1 Å². The molecule has 0 atom stereocenters.